The third kappa shape index (κ3) is 4.74. The number of halogens is 3. The Balaban J connectivity index is 1.58. The quantitative estimate of drug-likeness (QED) is 0.389. The Morgan fingerprint density at radius 1 is 0.939 bits per heavy atom. The van der Waals surface area contributed by atoms with Crippen LogP contribution in [0, 0.1) is 5.82 Å². The van der Waals surface area contributed by atoms with Crippen molar-refractivity contribution >= 4 is 52.8 Å². The number of hydrogen-bond donors (Lipinski definition) is 1. The minimum atomic E-state index is -1.03. The second-order valence-electron chi connectivity index (χ2n) is 6.98. The van der Waals surface area contributed by atoms with E-state index in [1.807, 2.05) is 23.5 Å². The Morgan fingerprint density at radius 3 is 2.39 bits per heavy atom. The van der Waals surface area contributed by atoms with Gasteiger partial charge in [0, 0.05) is 10.6 Å². The van der Waals surface area contributed by atoms with E-state index < -0.39 is 23.7 Å². The molecule has 3 aromatic carbocycles. The molecule has 1 fully saturated rings. The molecule has 6 nitrogen and oxygen atoms in total. The first-order chi connectivity index (χ1) is 15.8. The van der Waals surface area contributed by atoms with Crippen molar-refractivity contribution < 1.29 is 23.5 Å². The van der Waals surface area contributed by atoms with Gasteiger partial charge in [-0.05, 0) is 42.0 Å². The van der Waals surface area contributed by atoms with Crippen molar-refractivity contribution in [3.63, 3.8) is 0 Å². The monoisotopic (exact) mass is 484 g/mol. The van der Waals surface area contributed by atoms with Crippen molar-refractivity contribution in [3.05, 3.63) is 99.3 Å². The summed E-state index contributed by atoms with van der Waals surface area (Å²) in [5, 5.41) is 2.85. The molecule has 1 heterocycles. The number of imide groups is 2. The highest BCUT2D eigenvalue weighted by Gasteiger charge is 2.37. The van der Waals surface area contributed by atoms with Crippen LogP contribution in [0.25, 0.3) is 6.08 Å². The van der Waals surface area contributed by atoms with E-state index in [-0.39, 0.29) is 22.9 Å². The number of rotatable bonds is 5. The molecular formula is C24H15Cl2FN2O4. The van der Waals surface area contributed by atoms with Crippen LogP contribution in [0.4, 0.5) is 14.9 Å². The van der Waals surface area contributed by atoms with Gasteiger partial charge in [0.25, 0.3) is 11.8 Å². The fraction of sp³-hybridized carbons (Fsp3) is 0.0417. The molecule has 0 spiro atoms. The van der Waals surface area contributed by atoms with E-state index in [1.165, 1.54) is 30.3 Å². The molecule has 0 radical (unpaired) electrons. The molecule has 4 amide bonds. The molecule has 33 heavy (non-hydrogen) atoms. The Kier molecular flexibility index (Phi) is 6.44. The van der Waals surface area contributed by atoms with Crippen LogP contribution in [-0.2, 0) is 16.2 Å². The number of nitrogens with zero attached hydrogens (tertiary/aromatic N) is 1. The average Bonchev–Trinajstić information content (AvgIpc) is 2.78. The molecule has 166 valence electrons. The molecule has 0 bridgehead atoms. The number of hydrogen-bond acceptors (Lipinski definition) is 4. The predicted molar refractivity (Wildman–Crippen MR) is 123 cm³/mol. The summed E-state index contributed by atoms with van der Waals surface area (Å²) < 4.78 is 19.9. The second kappa shape index (κ2) is 9.44. The van der Waals surface area contributed by atoms with Crippen molar-refractivity contribution in [2.24, 2.45) is 0 Å². The maximum absolute atomic E-state index is 14.2. The first kappa shape index (κ1) is 22.5. The van der Waals surface area contributed by atoms with Gasteiger partial charge in [0.2, 0.25) is 0 Å². The Hall–Kier alpha value is -3.68. The van der Waals surface area contributed by atoms with Gasteiger partial charge < -0.3 is 4.74 Å². The number of barbiturate groups is 1. The lowest BCUT2D eigenvalue weighted by atomic mass is 10.1. The van der Waals surface area contributed by atoms with E-state index in [2.05, 4.69) is 0 Å². The Morgan fingerprint density at radius 2 is 1.67 bits per heavy atom. The lowest BCUT2D eigenvalue weighted by molar-refractivity contribution is -0.122. The topological polar surface area (TPSA) is 75.7 Å². The van der Waals surface area contributed by atoms with Gasteiger partial charge in [0.15, 0.2) is 0 Å². The molecular weight excluding hydrogens is 470 g/mol. The fourth-order valence-corrected chi connectivity index (χ4v) is 3.60. The largest absolute Gasteiger partial charge is 0.487 e. The van der Waals surface area contributed by atoms with E-state index in [0.717, 1.165) is 11.6 Å². The number of carbonyl (C=O) groups excluding carboxylic acids is 3. The molecule has 0 atom stereocenters. The summed E-state index contributed by atoms with van der Waals surface area (Å²) in [5.74, 6) is -2.25. The minimum absolute atomic E-state index is 0.195. The maximum Gasteiger partial charge on any atom is 0.336 e. The molecule has 0 aromatic heterocycles. The van der Waals surface area contributed by atoms with E-state index in [4.69, 9.17) is 27.9 Å². The molecule has 1 aliphatic heterocycles. The highest BCUT2D eigenvalue weighted by molar-refractivity contribution is 6.39. The minimum Gasteiger partial charge on any atom is -0.487 e. The first-order valence-electron chi connectivity index (χ1n) is 9.67. The van der Waals surface area contributed by atoms with Crippen molar-refractivity contribution in [2.75, 3.05) is 4.90 Å². The number of urea groups is 1. The zero-order chi connectivity index (χ0) is 23.5. The third-order valence-corrected chi connectivity index (χ3v) is 5.47. The van der Waals surface area contributed by atoms with Gasteiger partial charge in [-0.25, -0.2) is 14.1 Å². The maximum atomic E-state index is 14.2. The number of para-hydroxylation sites is 1. The molecule has 0 unspecified atom stereocenters. The van der Waals surface area contributed by atoms with Crippen LogP contribution < -0.4 is 15.0 Å². The van der Waals surface area contributed by atoms with Gasteiger partial charge in [-0.3, -0.25) is 14.9 Å². The zero-order valence-electron chi connectivity index (χ0n) is 16.8. The summed E-state index contributed by atoms with van der Waals surface area (Å²) in [4.78, 5) is 38.0. The summed E-state index contributed by atoms with van der Waals surface area (Å²) in [6.45, 7) is 0.195. The van der Waals surface area contributed by atoms with E-state index >= 15 is 0 Å². The van der Waals surface area contributed by atoms with Crippen LogP contribution in [0.5, 0.6) is 5.75 Å². The molecule has 9 heteroatoms. The van der Waals surface area contributed by atoms with Crippen LogP contribution in [0.15, 0.2) is 72.3 Å². The molecule has 1 N–H and O–H groups in total. The molecule has 3 aromatic rings. The SMILES string of the molecule is O=C1NC(=O)N(c2ccccc2F)C(=O)/C1=C\c1ccc(OCc2ccccc2Cl)c(Cl)c1. The van der Waals surface area contributed by atoms with Crippen molar-refractivity contribution in [2.45, 2.75) is 6.61 Å². The standard InChI is InChI=1S/C24H15Cl2FN2O4/c25-17-6-2-1-5-15(17)13-33-21-10-9-14(12-18(21)26)11-16-22(30)28-24(32)29(23(16)31)20-8-4-3-7-19(20)27/h1-12H,13H2,(H,28,30,32)/b16-11-. The zero-order valence-corrected chi connectivity index (χ0v) is 18.4. The summed E-state index contributed by atoms with van der Waals surface area (Å²) >= 11 is 12.4. The van der Waals surface area contributed by atoms with Crippen molar-refractivity contribution in [3.8, 4) is 5.75 Å². The first-order valence-corrected chi connectivity index (χ1v) is 10.4. The highest BCUT2D eigenvalue weighted by Crippen LogP contribution is 2.29. The van der Waals surface area contributed by atoms with E-state index in [1.54, 1.807) is 18.2 Å². The summed E-state index contributed by atoms with van der Waals surface area (Å²) in [7, 11) is 0. The molecule has 1 aliphatic rings. The van der Waals surface area contributed by atoms with Crippen LogP contribution in [0.3, 0.4) is 0 Å². The van der Waals surface area contributed by atoms with Crippen LogP contribution in [0.1, 0.15) is 11.1 Å². The normalized spacial score (nSPS) is 15.1. The number of amides is 4. The molecule has 4 rings (SSSR count). The van der Waals surface area contributed by atoms with E-state index in [9.17, 15) is 18.8 Å². The van der Waals surface area contributed by atoms with Gasteiger partial charge in [-0.2, -0.15) is 0 Å². The summed E-state index contributed by atoms with van der Waals surface area (Å²) in [5.41, 5.74) is 0.577. The van der Waals surface area contributed by atoms with Crippen molar-refractivity contribution in [1.82, 2.24) is 5.32 Å². The lowest BCUT2D eigenvalue weighted by Gasteiger charge is -2.26. The predicted octanol–water partition coefficient (Wildman–Crippen LogP) is 5.38. The number of benzene rings is 3. The van der Waals surface area contributed by atoms with Gasteiger partial charge >= 0.3 is 6.03 Å². The summed E-state index contributed by atoms with van der Waals surface area (Å²) in [6, 6.07) is 16.1. The average molecular weight is 485 g/mol. The number of carbonyl (C=O) groups is 3. The number of ether oxygens (including phenoxy) is 1. The van der Waals surface area contributed by atoms with Crippen molar-refractivity contribution in [1.29, 1.82) is 0 Å². The summed E-state index contributed by atoms with van der Waals surface area (Å²) in [6.07, 6.45) is 1.27. The smallest absolute Gasteiger partial charge is 0.336 e. The second-order valence-corrected chi connectivity index (χ2v) is 7.79. The van der Waals surface area contributed by atoms with Crippen LogP contribution in [-0.4, -0.2) is 17.8 Å². The Bertz CT molecular complexity index is 1310. The molecule has 0 saturated carbocycles. The van der Waals surface area contributed by atoms with Crippen LogP contribution >= 0.6 is 23.2 Å². The van der Waals surface area contributed by atoms with Gasteiger partial charge in [0.05, 0.1) is 10.7 Å². The number of anilines is 1. The fourth-order valence-electron chi connectivity index (χ4n) is 3.17. The van der Waals surface area contributed by atoms with Gasteiger partial charge in [-0.15, -0.1) is 0 Å². The third-order valence-electron chi connectivity index (χ3n) is 4.80. The molecule has 1 saturated heterocycles. The van der Waals surface area contributed by atoms with Gasteiger partial charge in [-0.1, -0.05) is 59.6 Å². The highest BCUT2D eigenvalue weighted by atomic mass is 35.5. The lowest BCUT2D eigenvalue weighted by Crippen LogP contribution is -2.54. The molecule has 0 aliphatic carbocycles. The van der Waals surface area contributed by atoms with Crippen LogP contribution in [0.2, 0.25) is 10.0 Å². The van der Waals surface area contributed by atoms with E-state index in [0.29, 0.717) is 21.2 Å². The van der Waals surface area contributed by atoms with Gasteiger partial charge in [0.1, 0.15) is 23.7 Å². The number of nitrogens with one attached hydrogen (secondary N) is 1. The Labute approximate surface area is 198 Å².